The van der Waals surface area contributed by atoms with E-state index < -0.39 is 0 Å². The standard InChI is InChI=1S/C12H15FN4/c1-17-5-4-14-11(7-17)12-15-9-3-2-8(13)6-10(9)16-12/h2-3,6,11,14H,4-5,7H2,1H3,(H,15,16). The number of rotatable bonds is 1. The maximum absolute atomic E-state index is 13.1. The van der Waals surface area contributed by atoms with Crippen molar-refractivity contribution >= 4 is 11.0 Å². The number of likely N-dealkylation sites (N-methyl/N-ethyl adjacent to an activating group) is 1. The molecule has 2 N–H and O–H groups in total. The lowest BCUT2D eigenvalue weighted by atomic mass is 10.2. The number of imidazole rings is 1. The van der Waals surface area contributed by atoms with E-state index in [1.807, 2.05) is 0 Å². The number of hydrogen-bond donors (Lipinski definition) is 2. The van der Waals surface area contributed by atoms with E-state index in [9.17, 15) is 4.39 Å². The molecule has 1 fully saturated rings. The first-order valence-electron chi connectivity index (χ1n) is 5.79. The summed E-state index contributed by atoms with van der Waals surface area (Å²) in [5, 5.41) is 3.41. The van der Waals surface area contributed by atoms with Crippen LogP contribution in [0, 0.1) is 5.82 Å². The van der Waals surface area contributed by atoms with Gasteiger partial charge in [0, 0.05) is 19.6 Å². The zero-order valence-corrected chi connectivity index (χ0v) is 9.70. The largest absolute Gasteiger partial charge is 0.341 e. The van der Waals surface area contributed by atoms with Gasteiger partial charge in [-0.2, -0.15) is 0 Å². The molecule has 1 aliphatic heterocycles. The first-order chi connectivity index (χ1) is 8.22. The summed E-state index contributed by atoms with van der Waals surface area (Å²) in [4.78, 5) is 9.95. The number of hydrogen-bond acceptors (Lipinski definition) is 3. The first kappa shape index (κ1) is 10.7. The zero-order chi connectivity index (χ0) is 11.8. The smallest absolute Gasteiger partial charge is 0.125 e. The normalized spacial score (nSPS) is 22.1. The number of halogens is 1. The number of H-pyrrole nitrogens is 1. The molecule has 1 atom stereocenters. The van der Waals surface area contributed by atoms with E-state index in [2.05, 4.69) is 27.2 Å². The van der Waals surface area contributed by atoms with Gasteiger partial charge in [-0.05, 0) is 25.2 Å². The van der Waals surface area contributed by atoms with Crippen LogP contribution in [0.1, 0.15) is 11.9 Å². The maximum atomic E-state index is 13.1. The number of piperazine rings is 1. The Balaban J connectivity index is 1.94. The maximum Gasteiger partial charge on any atom is 0.125 e. The van der Waals surface area contributed by atoms with Gasteiger partial charge in [-0.25, -0.2) is 9.37 Å². The second-order valence-corrected chi connectivity index (χ2v) is 4.55. The Bertz CT molecular complexity index is 536. The molecule has 0 radical (unpaired) electrons. The Morgan fingerprint density at radius 2 is 2.35 bits per heavy atom. The number of fused-ring (bicyclic) bond motifs is 1. The van der Waals surface area contributed by atoms with Crippen LogP contribution in [0.3, 0.4) is 0 Å². The molecule has 4 nitrogen and oxygen atoms in total. The molecule has 1 aliphatic rings. The molecule has 0 aliphatic carbocycles. The van der Waals surface area contributed by atoms with E-state index >= 15 is 0 Å². The number of aromatic nitrogens is 2. The van der Waals surface area contributed by atoms with Crippen LogP contribution < -0.4 is 5.32 Å². The van der Waals surface area contributed by atoms with Gasteiger partial charge in [0.25, 0.3) is 0 Å². The Kier molecular flexibility index (Phi) is 2.57. The average molecular weight is 234 g/mol. The Hall–Kier alpha value is -1.46. The summed E-state index contributed by atoms with van der Waals surface area (Å²) in [7, 11) is 2.09. The molecule has 2 heterocycles. The van der Waals surface area contributed by atoms with Crippen LogP contribution in [0.2, 0.25) is 0 Å². The van der Waals surface area contributed by atoms with Crippen LogP contribution in [0.5, 0.6) is 0 Å². The van der Waals surface area contributed by atoms with E-state index in [-0.39, 0.29) is 11.9 Å². The monoisotopic (exact) mass is 234 g/mol. The van der Waals surface area contributed by atoms with Crippen molar-refractivity contribution in [2.24, 2.45) is 0 Å². The molecule has 0 bridgehead atoms. The van der Waals surface area contributed by atoms with Crippen molar-refractivity contribution < 1.29 is 4.39 Å². The Morgan fingerprint density at radius 1 is 1.47 bits per heavy atom. The lowest BCUT2D eigenvalue weighted by Gasteiger charge is -2.29. The fourth-order valence-corrected chi connectivity index (χ4v) is 2.25. The van der Waals surface area contributed by atoms with Gasteiger partial charge in [0.2, 0.25) is 0 Å². The third-order valence-corrected chi connectivity index (χ3v) is 3.17. The quantitative estimate of drug-likeness (QED) is 0.781. The lowest BCUT2D eigenvalue weighted by Crippen LogP contribution is -2.44. The van der Waals surface area contributed by atoms with Gasteiger partial charge in [-0.1, -0.05) is 0 Å². The molecule has 1 aromatic heterocycles. The van der Waals surface area contributed by atoms with E-state index in [0.29, 0.717) is 0 Å². The Labute approximate surface area is 98.8 Å². The predicted octanol–water partition coefficient (Wildman–Crippen LogP) is 1.28. The fraction of sp³-hybridized carbons (Fsp3) is 0.417. The molecule has 1 saturated heterocycles. The molecule has 1 unspecified atom stereocenters. The number of nitrogens with zero attached hydrogens (tertiary/aromatic N) is 2. The molecular weight excluding hydrogens is 219 g/mol. The van der Waals surface area contributed by atoms with Gasteiger partial charge in [0.05, 0.1) is 17.1 Å². The number of benzene rings is 1. The lowest BCUT2D eigenvalue weighted by molar-refractivity contribution is 0.236. The molecule has 0 saturated carbocycles. The van der Waals surface area contributed by atoms with Crippen LogP contribution in [0.4, 0.5) is 4.39 Å². The molecule has 3 rings (SSSR count). The SMILES string of the molecule is CN1CCNC(c2nc3ccc(F)cc3[nH]2)C1. The highest BCUT2D eigenvalue weighted by Gasteiger charge is 2.21. The Morgan fingerprint density at radius 3 is 3.18 bits per heavy atom. The van der Waals surface area contributed by atoms with Crippen molar-refractivity contribution in [3.05, 3.63) is 29.8 Å². The average Bonchev–Trinajstić information content (AvgIpc) is 2.72. The van der Waals surface area contributed by atoms with Crippen LogP contribution in [0.25, 0.3) is 11.0 Å². The third-order valence-electron chi connectivity index (χ3n) is 3.17. The first-order valence-corrected chi connectivity index (χ1v) is 5.79. The minimum absolute atomic E-state index is 0.198. The van der Waals surface area contributed by atoms with Crippen molar-refractivity contribution in [1.82, 2.24) is 20.2 Å². The van der Waals surface area contributed by atoms with E-state index in [0.717, 1.165) is 36.5 Å². The summed E-state index contributed by atoms with van der Waals surface area (Å²) < 4.78 is 13.1. The second kappa shape index (κ2) is 4.09. The summed E-state index contributed by atoms with van der Waals surface area (Å²) in [6.07, 6.45) is 0. The van der Waals surface area contributed by atoms with Gasteiger partial charge in [-0.15, -0.1) is 0 Å². The molecule has 90 valence electrons. The topological polar surface area (TPSA) is 44.0 Å². The number of nitrogens with one attached hydrogen (secondary N) is 2. The van der Waals surface area contributed by atoms with Gasteiger partial charge in [0.15, 0.2) is 0 Å². The van der Waals surface area contributed by atoms with Crippen LogP contribution in [0.15, 0.2) is 18.2 Å². The fourth-order valence-electron chi connectivity index (χ4n) is 2.25. The van der Waals surface area contributed by atoms with Crippen LogP contribution in [-0.4, -0.2) is 41.5 Å². The zero-order valence-electron chi connectivity index (χ0n) is 9.70. The van der Waals surface area contributed by atoms with Crippen molar-refractivity contribution in [2.75, 3.05) is 26.7 Å². The highest BCUT2D eigenvalue weighted by Crippen LogP contribution is 2.19. The summed E-state index contributed by atoms with van der Waals surface area (Å²) in [5.41, 5.74) is 1.58. The predicted molar refractivity (Wildman–Crippen MR) is 64.3 cm³/mol. The molecule has 1 aromatic carbocycles. The summed E-state index contributed by atoms with van der Waals surface area (Å²) >= 11 is 0. The molecule has 5 heteroatoms. The minimum atomic E-state index is -0.235. The molecule has 17 heavy (non-hydrogen) atoms. The highest BCUT2D eigenvalue weighted by molar-refractivity contribution is 5.75. The third kappa shape index (κ3) is 2.03. The summed E-state index contributed by atoms with van der Waals surface area (Å²) in [6.45, 7) is 2.92. The second-order valence-electron chi connectivity index (χ2n) is 4.55. The van der Waals surface area contributed by atoms with E-state index in [1.54, 1.807) is 6.07 Å². The van der Waals surface area contributed by atoms with Crippen molar-refractivity contribution in [1.29, 1.82) is 0 Å². The van der Waals surface area contributed by atoms with Gasteiger partial charge in [0.1, 0.15) is 11.6 Å². The molecule has 2 aromatic rings. The molecule has 0 amide bonds. The van der Waals surface area contributed by atoms with Gasteiger partial charge in [-0.3, -0.25) is 0 Å². The molecular formula is C12H15FN4. The van der Waals surface area contributed by atoms with Crippen LogP contribution in [-0.2, 0) is 0 Å². The number of aromatic amines is 1. The minimum Gasteiger partial charge on any atom is -0.341 e. The van der Waals surface area contributed by atoms with E-state index in [4.69, 9.17) is 0 Å². The highest BCUT2D eigenvalue weighted by atomic mass is 19.1. The summed E-state index contributed by atoms with van der Waals surface area (Å²) in [5.74, 6) is 0.651. The van der Waals surface area contributed by atoms with Gasteiger partial charge >= 0.3 is 0 Å². The van der Waals surface area contributed by atoms with Crippen molar-refractivity contribution in [3.63, 3.8) is 0 Å². The van der Waals surface area contributed by atoms with Crippen LogP contribution >= 0.6 is 0 Å². The van der Waals surface area contributed by atoms with Crippen molar-refractivity contribution in [2.45, 2.75) is 6.04 Å². The molecule has 0 spiro atoms. The summed E-state index contributed by atoms with van der Waals surface area (Å²) in [6, 6.07) is 4.83. The van der Waals surface area contributed by atoms with Crippen molar-refractivity contribution in [3.8, 4) is 0 Å². The van der Waals surface area contributed by atoms with E-state index in [1.165, 1.54) is 12.1 Å². The van der Waals surface area contributed by atoms with Gasteiger partial charge < -0.3 is 15.2 Å².